The monoisotopic (exact) mass is 260 g/mol. The van der Waals surface area contributed by atoms with E-state index in [4.69, 9.17) is 5.11 Å². The van der Waals surface area contributed by atoms with Gasteiger partial charge in [-0.15, -0.1) is 0 Å². The molecule has 17 heavy (non-hydrogen) atoms. The van der Waals surface area contributed by atoms with Gasteiger partial charge in [0.05, 0.1) is 4.90 Å². The fourth-order valence-corrected chi connectivity index (χ4v) is 2.75. The first-order valence-corrected chi connectivity index (χ1v) is 7.20. The van der Waals surface area contributed by atoms with Gasteiger partial charge < -0.3 is 9.67 Å². The standard InChI is InChI=1S/C11H20N2O3S/c1-3-10(5-7-14)8-12-17(15,16)11-4-6-13(2)9-11/h4,6,9-10,12,14H,3,5,7-8H2,1-2H3. The topological polar surface area (TPSA) is 71.3 Å². The van der Waals surface area contributed by atoms with Crippen LogP contribution in [-0.2, 0) is 17.1 Å². The third kappa shape index (κ3) is 4.14. The van der Waals surface area contributed by atoms with Crippen molar-refractivity contribution in [2.24, 2.45) is 13.0 Å². The summed E-state index contributed by atoms with van der Waals surface area (Å²) in [5.74, 6) is 0.179. The lowest BCUT2D eigenvalue weighted by Gasteiger charge is -2.13. The van der Waals surface area contributed by atoms with Crippen molar-refractivity contribution >= 4 is 10.0 Å². The smallest absolute Gasteiger partial charge is 0.242 e. The Labute approximate surface area is 103 Å². The van der Waals surface area contributed by atoms with E-state index >= 15 is 0 Å². The Kier molecular flexibility index (Phi) is 5.17. The summed E-state index contributed by atoms with van der Waals surface area (Å²) in [6.07, 6.45) is 4.72. The summed E-state index contributed by atoms with van der Waals surface area (Å²) in [5, 5.41) is 8.84. The van der Waals surface area contributed by atoms with Crippen LogP contribution in [0.15, 0.2) is 23.4 Å². The number of aliphatic hydroxyl groups excluding tert-OH is 1. The normalized spacial score (nSPS) is 13.8. The zero-order chi connectivity index (χ0) is 12.9. The molecule has 0 fully saturated rings. The quantitative estimate of drug-likeness (QED) is 0.758. The van der Waals surface area contributed by atoms with Gasteiger partial charge in [0.2, 0.25) is 10.0 Å². The summed E-state index contributed by atoms with van der Waals surface area (Å²) in [6.45, 7) is 2.44. The highest BCUT2D eigenvalue weighted by Gasteiger charge is 2.16. The third-order valence-electron chi connectivity index (χ3n) is 2.79. The van der Waals surface area contributed by atoms with E-state index in [1.54, 1.807) is 30.1 Å². The van der Waals surface area contributed by atoms with Crippen LogP contribution in [0.3, 0.4) is 0 Å². The summed E-state index contributed by atoms with van der Waals surface area (Å²) in [6, 6.07) is 1.56. The van der Waals surface area contributed by atoms with Crippen molar-refractivity contribution < 1.29 is 13.5 Å². The molecule has 1 heterocycles. The molecule has 0 aromatic carbocycles. The average Bonchev–Trinajstić information content (AvgIpc) is 2.72. The van der Waals surface area contributed by atoms with E-state index in [1.165, 1.54) is 0 Å². The molecule has 0 saturated carbocycles. The second-order valence-electron chi connectivity index (χ2n) is 4.15. The lowest BCUT2D eigenvalue weighted by molar-refractivity contribution is 0.254. The Morgan fingerprint density at radius 3 is 2.71 bits per heavy atom. The lowest BCUT2D eigenvalue weighted by atomic mass is 10.0. The van der Waals surface area contributed by atoms with Crippen LogP contribution in [0.5, 0.6) is 0 Å². The maximum atomic E-state index is 11.9. The Hall–Kier alpha value is -0.850. The first-order chi connectivity index (χ1) is 7.99. The Morgan fingerprint density at radius 2 is 2.24 bits per heavy atom. The minimum Gasteiger partial charge on any atom is -0.396 e. The van der Waals surface area contributed by atoms with Gasteiger partial charge in [0.25, 0.3) is 0 Å². The first kappa shape index (κ1) is 14.2. The van der Waals surface area contributed by atoms with Crippen LogP contribution in [0.2, 0.25) is 0 Å². The van der Waals surface area contributed by atoms with Crippen molar-refractivity contribution in [2.45, 2.75) is 24.7 Å². The zero-order valence-corrected chi connectivity index (χ0v) is 11.1. The number of rotatable bonds is 7. The van der Waals surface area contributed by atoms with Crippen molar-refractivity contribution in [1.82, 2.24) is 9.29 Å². The van der Waals surface area contributed by atoms with Gasteiger partial charge in [-0.1, -0.05) is 13.3 Å². The Balaban J connectivity index is 2.61. The summed E-state index contributed by atoms with van der Waals surface area (Å²) >= 11 is 0. The van der Waals surface area contributed by atoms with Gasteiger partial charge in [-0.05, 0) is 18.4 Å². The molecular formula is C11H20N2O3S. The van der Waals surface area contributed by atoms with E-state index in [2.05, 4.69) is 4.72 Å². The molecule has 0 radical (unpaired) electrons. The highest BCUT2D eigenvalue weighted by Crippen LogP contribution is 2.11. The second-order valence-corrected chi connectivity index (χ2v) is 5.92. The van der Waals surface area contributed by atoms with Gasteiger partial charge in [-0.3, -0.25) is 0 Å². The Bertz CT molecular complexity index is 439. The minimum absolute atomic E-state index is 0.0889. The maximum absolute atomic E-state index is 11.9. The number of aryl methyl sites for hydroxylation is 1. The molecular weight excluding hydrogens is 240 g/mol. The van der Waals surface area contributed by atoms with Gasteiger partial charge in [0.1, 0.15) is 0 Å². The largest absolute Gasteiger partial charge is 0.396 e. The predicted octanol–water partition coefficient (Wildman–Crippen LogP) is 0.712. The van der Waals surface area contributed by atoms with E-state index in [0.717, 1.165) is 6.42 Å². The molecule has 2 N–H and O–H groups in total. The van der Waals surface area contributed by atoms with Gasteiger partial charge in [0, 0.05) is 32.6 Å². The minimum atomic E-state index is -3.42. The molecule has 0 aliphatic carbocycles. The maximum Gasteiger partial charge on any atom is 0.242 e. The fourth-order valence-electron chi connectivity index (χ4n) is 1.58. The highest BCUT2D eigenvalue weighted by molar-refractivity contribution is 7.89. The van der Waals surface area contributed by atoms with E-state index in [1.807, 2.05) is 6.92 Å². The first-order valence-electron chi connectivity index (χ1n) is 5.72. The number of sulfonamides is 1. The van der Waals surface area contributed by atoms with E-state index in [9.17, 15) is 8.42 Å². The van der Waals surface area contributed by atoms with Crippen LogP contribution in [0.25, 0.3) is 0 Å². The average molecular weight is 260 g/mol. The Morgan fingerprint density at radius 1 is 1.53 bits per heavy atom. The summed E-state index contributed by atoms with van der Waals surface area (Å²) in [7, 11) is -1.64. The molecule has 1 atom stereocenters. The molecule has 0 saturated heterocycles. The van der Waals surface area contributed by atoms with Gasteiger partial charge in [-0.2, -0.15) is 0 Å². The van der Waals surface area contributed by atoms with Crippen molar-refractivity contribution in [3.05, 3.63) is 18.5 Å². The molecule has 98 valence electrons. The van der Waals surface area contributed by atoms with Crippen LogP contribution >= 0.6 is 0 Å². The van der Waals surface area contributed by atoms with Crippen molar-refractivity contribution in [2.75, 3.05) is 13.2 Å². The van der Waals surface area contributed by atoms with E-state index in [-0.39, 0.29) is 17.4 Å². The molecule has 0 bridgehead atoms. The molecule has 0 aliphatic heterocycles. The molecule has 5 nitrogen and oxygen atoms in total. The molecule has 1 aromatic heterocycles. The van der Waals surface area contributed by atoms with E-state index < -0.39 is 10.0 Å². The predicted molar refractivity (Wildman–Crippen MR) is 66.1 cm³/mol. The van der Waals surface area contributed by atoms with Gasteiger partial charge >= 0.3 is 0 Å². The van der Waals surface area contributed by atoms with Crippen LogP contribution in [0.1, 0.15) is 19.8 Å². The molecule has 1 unspecified atom stereocenters. The summed E-state index contributed by atoms with van der Waals surface area (Å²) in [4.78, 5) is 0.277. The number of hydrogen-bond acceptors (Lipinski definition) is 3. The SMILES string of the molecule is CCC(CCO)CNS(=O)(=O)c1ccn(C)c1. The molecule has 1 aromatic rings. The second kappa shape index (κ2) is 6.18. The molecule has 0 amide bonds. The summed E-state index contributed by atoms with van der Waals surface area (Å²) in [5.41, 5.74) is 0. The van der Waals surface area contributed by atoms with Crippen molar-refractivity contribution in [3.8, 4) is 0 Å². The molecule has 6 heteroatoms. The van der Waals surface area contributed by atoms with Gasteiger partial charge in [-0.25, -0.2) is 13.1 Å². The number of hydrogen-bond donors (Lipinski definition) is 2. The van der Waals surface area contributed by atoms with Gasteiger partial charge in [0.15, 0.2) is 0 Å². The lowest BCUT2D eigenvalue weighted by Crippen LogP contribution is -2.29. The van der Waals surface area contributed by atoms with Crippen molar-refractivity contribution in [3.63, 3.8) is 0 Å². The van der Waals surface area contributed by atoms with Crippen LogP contribution < -0.4 is 4.72 Å². The van der Waals surface area contributed by atoms with Crippen LogP contribution in [0.4, 0.5) is 0 Å². The highest BCUT2D eigenvalue weighted by atomic mass is 32.2. The zero-order valence-electron chi connectivity index (χ0n) is 10.3. The third-order valence-corrected chi connectivity index (χ3v) is 4.20. The van der Waals surface area contributed by atoms with Crippen LogP contribution in [0, 0.1) is 5.92 Å². The van der Waals surface area contributed by atoms with Crippen molar-refractivity contribution in [1.29, 1.82) is 0 Å². The summed E-state index contributed by atoms with van der Waals surface area (Å²) < 4.78 is 28.0. The molecule has 0 spiro atoms. The number of nitrogens with one attached hydrogen (secondary N) is 1. The number of aromatic nitrogens is 1. The fraction of sp³-hybridized carbons (Fsp3) is 0.636. The molecule has 1 rings (SSSR count). The number of aliphatic hydroxyl groups is 1. The van der Waals surface area contributed by atoms with E-state index in [0.29, 0.717) is 13.0 Å². The number of nitrogens with zero attached hydrogens (tertiary/aromatic N) is 1. The van der Waals surface area contributed by atoms with Crippen LogP contribution in [-0.4, -0.2) is 31.2 Å². The molecule has 0 aliphatic rings.